The number of halogens is 1. The summed E-state index contributed by atoms with van der Waals surface area (Å²) >= 11 is 5.82. The molecule has 0 N–H and O–H groups in total. The lowest BCUT2D eigenvalue weighted by Gasteiger charge is -2.33. The Kier molecular flexibility index (Phi) is 4.11. The fraction of sp³-hybridized carbons (Fsp3) is 1.00. The van der Waals surface area contributed by atoms with Crippen molar-refractivity contribution in [1.82, 2.24) is 4.90 Å². The molecule has 0 aromatic heterocycles. The van der Waals surface area contributed by atoms with Crippen molar-refractivity contribution >= 4 is 11.6 Å². The van der Waals surface area contributed by atoms with Crippen molar-refractivity contribution < 1.29 is 9.47 Å². The van der Waals surface area contributed by atoms with E-state index in [0.717, 1.165) is 26.2 Å². The predicted molar refractivity (Wildman–Crippen MR) is 65.1 cm³/mol. The second-order valence-electron chi connectivity index (χ2n) is 5.44. The van der Waals surface area contributed by atoms with E-state index in [-0.39, 0.29) is 11.7 Å². The molecular formula is C12H22ClNO2. The van der Waals surface area contributed by atoms with E-state index in [1.807, 2.05) is 0 Å². The summed E-state index contributed by atoms with van der Waals surface area (Å²) in [7, 11) is 0. The highest BCUT2D eigenvalue weighted by Crippen LogP contribution is 2.29. The van der Waals surface area contributed by atoms with Crippen molar-refractivity contribution in [3.8, 4) is 0 Å². The maximum absolute atomic E-state index is 6.00. The van der Waals surface area contributed by atoms with Gasteiger partial charge in [0.2, 0.25) is 0 Å². The van der Waals surface area contributed by atoms with Gasteiger partial charge in [0.15, 0.2) is 0 Å². The van der Waals surface area contributed by atoms with E-state index in [9.17, 15) is 0 Å². The molecule has 2 unspecified atom stereocenters. The van der Waals surface area contributed by atoms with E-state index in [0.29, 0.717) is 12.0 Å². The first kappa shape index (κ1) is 12.6. The van der Waals surface area contributed by atoms with E-state index in [4.69, 9.17) is 21.1 Å². The predicted octanol–water partition coefficient (Wildman–Crippen LogP) is 1.88. The summed E-state index contributed by atoms with van der Waals surface area (Å²) in [6.45, 7) is 8.13. The van der Waals surface area contributed by atoms with E-state index < -0.39 is 0 Å². The van der Waals surface area contributed by atoms with Crippen LogP contribution in [0.3, 0.4) is 0 Å². The summed E-state index contributed by atoms with van der Waals surface area (Å²) in [5.74, 6) is 0.591. The Morgan fingerprint density at radius 1 is 1.38 bits per heavy atom. The van der Waals surface area contributed by atoms with Crippen LogP contribution in [0.1, 0.15) is 26.7 Å². The molecule has 0 amide bonds. The molecule has 0 aliphatic carbocycles. The van der Waals surface area contributed by atoms with Crippen LogP contribution >= 0.6 is 11.6 Å². The molecule has 0 aromatic carbocycles. The number of hydrogen-bond acceptors (Lipinski definition) is 3. The zero-order valence-corrected chi connectivity index (χ0v) is 11.0. The van der Waals surface area contributed by atoms with Crippen molar-refractivity contribution in [1.29, 1.82) is 0 Å². The SMILES string of the molecule is CC1(C)CCC(CN2CCOC(CCl)C2)O1. The smallest absolute Gasteiger partial charge is 0.0837 e. The van der Waals surface area contributed by atoms with Gasteiger partial charge in [0, 0.05) is 25.5 Å². The average Bonchev–Trinajstić information content (AvgIpc) is 2.58. The number of ether oxygens (including phenoxy) is 2. The third-order valence-corrected chi connectivity index (χ3v) is 3.76. The molecule has 94 valence electrons. The van der Waals surface area contributed by atoms with Gasteiger partial charge in [-0.3, -0.25) is 4.90 Å². The Bertz CT molecular complexity index is 235. The molecule has 0 spiro atoms. The van der Waals surface area contributed by atoms with Gasteiger partial charge < -0.3 is 9.47 Å². The zero-order valence-electron chi connectivity index (χ0n) is 10.2. The molecule has 2 aliphatic heterocycles. The Labute approximate surface area is 103 Å². The van der Waals surface area contributed by atoms with Crippen molar-refractivity contribution in [3.63, 3.8) is 0 Å². The first-order chi connectivity index (χ1) is 7.59. The Hall–Kier alpha value is 0.170. The number of morpholine rings is 1. The van der Waals surface area contributed by atoms with E-state index >= 15 is 0 Å². The van der Waals surface area contributed by atoms with Gasteiger partial charge in [0.25, 0.3) is 0 Å². The Morgan fingerprint density at radius 3 is 2.81 bits per heavy atom. The van der Waals surface area contributed by atoms with Crippen LogP contribution in [-0.2, 0) is 9.47 Å². The summed E-state index contributed by atoms with van der Waals surface area (Å²) in [5.41, 5.74) is 0.0723. The van der Waals surface area contributed by atoms with Gasteiger partial charge in [-0.25, -0.2) is 0 Å². The first-order valence-corrected chi connectivity index (χ1v) is 6.70. The summed E-state index contributed by atoms with van der Waals surface area (Å²) in [6, 6.07) is 0. The van der Waals surface area contributed by atoms with Crippen LogP contribution in [0.4, 0.5) is 0 Å². The second kappa shape index (κ2) is 5.21. The zero-order chi connectivity index (χ0) is 11.6. The second-order valence-corrected chi connectivity index (χ2v) is 5.75. The van der Waals surface area contributed by atoms with Crippen molar-refractivity contribution in [3.05, 3.63) is 0 Å². The average molecular weight is 248 g/mol. The van der Waals surface area contributed by atoms with Crippen LogP contribution in [0, 0.1) is 0 Å². The van der Waals surface area contributed by atoms with E-state index in [2.05, 4.69) is 18.7 Å². The van der Waals surface area contributed by atoms with Gasteiger partial charge in [0.1, 0.15) is 0 Å². The molecule has 2 atom stereocenters. The molecule has 2 fully saturated rings. The molecule has 2 aliphatic rings. The third kappa shape index (κ3) is 3.33. The molecule has 3 nitrogen and oxygen atoms in total. The monoisotopic (exact) mass is 247 g/mol. The molecule has 16 heavy (non-hydrogen) atoms. The third-order valence-electron chi connectivity index (χ3n) is 3.41. The summed E-state index contributed by atoms with van der Waals surface area (Å²) in [5, 5.41) is 0. The molecule has 2 rings (SSSR count). The number of hydrogen-bond donors (Lipinski definition) is 0. The molecule has 0 aromatic rings. The normalized spacial score (nSPS) is 35.4. The lowest BCUT2D eigenvalue weighted by Crippen LogP contribution is -2.46. The van der Waals surface area contributed by atoms with Gasteiger partial charge in [-0.2, -0.15) is 0 Å². The van der Waals surface area contributed by atoms with Crippen molar-refractivity contribution in [2.45, 2.75) is 44.5 Å². The fourth-order valence-corrected chi connectivity index (χ4v) is 2.72. The Morgan fingerprint density at radius 2 is 2.19 bits per heavy atom. The van der Waals surface area contributed by atoms with Crippen LogP contribution in [0.25, 0.3) is 0 Å². The van der Waals surface area contributed by atoms with Gasteiger partial charge in [-0.05, 0) is 26.7 Å². The summed E-state index contributed by atoms with van der Waals surface area (Å²) < 4.78 is 11.6. The van der Waals surface area contributed by atoms with E-state index in [1.54, 1.807) is 0 Å². The highest BCUT2D eigenvalue weighted by molar-refractivity contribution is 6.18. The molecule has 0 radical (unpaired) electrons. The molecule has 2 heterocycles. The van der Waals surface area contributed by atoms with Gasteiger partial charge in [0.05, 0.1) is 24.4 Å². The summed E-state index contributed by atoms with van der Waals surface area (Å²) in [4.78, 5) is 2.42. The lowest BCUT2D eigenvalue weighted by atomic mass is 10.1. The highest BCUT2D eigenvalue weighted by Gasteiger charge is 2.33. The fourth-order valence-electron chi connectivity index (χ4n) is 2.53. The van der Waals surface area contributed by atoms with Crippen LogP contribution in [0.15, 0.2) is 0 Å². The highest BCUT2D eigenvalue weighted by atomic mass is 35.5. The molecule has 0 bridgehead atoms. The minimum absolute atomic E-state index is 0.0723. The first-order valence-electron chi connectivity index (χ1n) is 6.17. The minimum atomic E-state index is 0.0723. The van der Waals surface area contributed by atoms with Gasteiger partial charge in [-0.1, -0.05) is 0 Å². The maximum Gasteiger partial charge on any atom is 0.0837 e. The standard InChI is InChI=1S/C12H22ClNO2/c1-12(2)4-3-10(16-12)8-14-5-6-15-11(7-13)9-14/h10-11H,3-9H2,1-2H3. The molecule has 2 saturated heterocycles. The van der Waals surface area contributed by atoms with Gasteiger partial charge in [-0.15, -0.1) is 11.6 Å². The van der Waals surface area contributed by atoms with Gasteiger partial charge >= 0.3 is 0 Å². The van der Waals surface area contributed by atoms with Crippen LogP contribution in [0.2, 0.25) is 0 Å². The summed E-state index contributed by atoms with van der Waals surface area (Å²) in [6.07, 6.45) is 2.94. The van der Waals surface area contributed by atoms with Crippen LogP contribution < -0.4 is 0 Å². The maximum atomic E-state index is 6.00. The van der Waals surface area contributed by atoms with Crippen molar-refractivity contribution in [2.24, 2.45) is 0 Å². The van der Waals surface area contributed by atoms with Crippen LogP contribution in [0.5, 0.6) is 0 Å². The molecular weight excluding hydrogens is 226 g/mol. The largest absolute Gasteiger partial charge is 0.374 e. The molecule has 0 saturated carbocycles. The minimum Gasteiger partial charge on any atom is -0.374 e. The quantitative estimate of drug-likeness (QED) is 0.711. The molecule has 4 heteroatoms. The Balaban J connectivity index is 1.77. The number of nitrogens with zero attached hydrogens (tertiary/aromatic N) is 1. The van der Waals surface area contributed by atoms with Crippen LogP contribution in [-0.4, -0.2) is 54.8 Å². The topological polar surface area (TPSA) is 21.7 Å². The van der Waals surface area contributed by atoms with E-state index in [1.165, 1.54) is 12.8 Å². The number of alkyl halides is 1. The lowest BCUT2D eigenvalue weighted by molar-refractivity contribution is -0.0590. The van der Waals surface area contributed by atoms with Crippen molar-refractivity contribution in [2.75, 3.05) is 32.1 Å². The number of rotatable bonds is 3.